The van der Waals surface area contributed by atoms with Gasteiger partial charge in [0, 0.05) is 23.8 Å². The van der Waals surface area contributed by atoms with E-state index in [1.54, 1.807) is 6.07 Å². The van der Waals surface area contributed by atoms with E-state index in [1.165, 1.54) is 12.4 Å². The van der Waals surface area contributed by atoms with Gasteiger partial charge < -0.3 is 5.32 Å². The van der Waals surface area contributed by atoms with Crippen LogP contribution in [0.25, 0.3) is 0 Å². The van der Waals surface area contributed by atoms with Gasteiger partial charge in [-0.3, -0.25) is 9.89 Å². The van der Waals surface area contributed by atoms with E-state index in [1.807, 2.05) is 0 Å². The molecule has 2 aliphatic rings. The minimum atomic E-state index is -0.831. The lowest BCUT2D eigenvalue weighted by Gasteiger charge is -2.30. The van der Waals surface area contributed by atoms with Gasteiger partial charge in [0.1, 0.15) is 12.2 Å². The molecule has 0 saturated heterocycles. The highest BCUT2D eigenvalue weighted by Crippen LogP contribution is 2.46. The molecule has 2 aliphatic carbocycles. The van der Waals surface area contributed by atoms with Crippen LogP contribution in [0.15, 0.2) is 24.5 Å². The van der Waals surface area contributed by atoms with E-state index < -0.39 is 17.0 Å². The predicted molar refractivity (Wildman–Crippen MR) is 86.7 cm³/mol. The van der Waals surface area contributed by atoms with E-state index in [9.17, 15) is 13.6 Å². The lowest BCUT2D eigenvalue weighted by molar-refractivity contribution is -0.122. The largest absolute Gasteiger partial charge is 0.355 e. The van der Waals surface area contributed by atoms with Gasteiger partial charge in [-0.05, 0) is 30.9 Å². The van der Waals surface area contributed by atoms with Gasteiger partial charge in [0.2, 0.25) is 5.91 Å². The second kappa shape index (κ2) is 6.20. The number of aromatic amines is 1. The number of aromatic nitrogens is 3. The number of nitrogens with zero attached hydrogens (tertiary/aromatic N) is 2. The first kappa shape index (κ1) is 16.2. The first-order valence-corrected chi connectivity index (χ1v) is 8.68. The average molecular weight is 346 g/mol. The number of halogens is 2. The third-order valence-corrected chi connectivity index (χ3v) is 5.60. The second-order valence-electron chi connectivity index (χ2n) is 7.13. The summed E-state index contributed by atoms with van der Waals surface area (Å²) in [5, 5.41) is 9.58. The molecule has 2 aromatic rings. The van der Waals surface area contributed by atoms with Crippen LogP contribution in [0, 0.1) is 17.6 Å². The van der Waals surface area contributed by atoms with Gasteiger partial charge in [-0.2, -0.15) is 5.10 Å². The minimum Gasteiger partial charge on any atom is -0.355 e. The highest BCUT2D eigenvalue weighted by atomic mass is 19.2. The summed E-state index contributed by atoms with van der Waals surface area (Å²) in [6.45, 7) is 0.339. The molecule has 0 aliphatic heterocycles. The first-order chi connectivity index (χ1) is 12.1. The van der Waals surface area contributed by atoms with Gasteiger partial charge in [-0.15, -0.1) is 0 Å². The fourth-order valence-corrected chi connectivity index (χ4v) is 4.07. The maximum Gasteiger partial charge on any atom is 0.223 e. The molecule has 1 aromatic heterocycles. The summed E-state index contributed by atoms with van der Waals surface area (Å²) in [6.07, 6.45) is 5.59. The summed E-state index contributed by atoms with van der Waals surface area (Å²) < 4.78 is 28.0. The molecule has 0 unspecified atom stereocenters. The van der Waals surface area contributed by atoms with Crippen LogP contribution in [0.5, 0.6) is 0 Å². The minimum absolute atomic E-state index is 0.0514. The number of carbonyl (C=O) groups excluding carboxylic acids is 1. The lowest BCUT2D eigenvalue weighted by Crippen LogP contribution is -2.40. The molecule has 0 spiro atoms. The van der Waals surface area contributed by atoms with Crippen molar-refractivity contribution in [3.8, 4) is 0 Å². The summed E-state index contributed by atoms with van der Waals surface area (Å²) in [6, 6.07) is 4.31. The molecule has 2 fully saturated rings. The molecule has 1 aromatic carbocycles. The molecule has 2 N–H and O–H groups in total. The molecule has 0 radical (unpaired) electrons. The normalized spacial score (nSPS) is 24.2. The molecule has 4 rings (SSSR count). The highest BCUT2D eigenvalue weighted by molar-refractivity contribution is 5.82. The molecule has 5 nitrogen and oxygen atoms in total. The van der Waals surface area contributed by atoms with Crippen LogP contribution < -0.4 is 5.32 Å². The van der Waals surface area contributed by atoms with Crippen molar-refractivity contribution in [3.05, 3.63) is 47.5 Å². The van der Waals surface area contributed by atoms with Crippen molar-refractivity contribution in [1.29, 1.82) is 0 Å². The Morgan fingerprint density at radius 3 is 2.84 bits per heavy atom. The standard InChI is InChI=1S/C18H20F2N4O/c19-14-5-3-4-13(15(14)20)18(6-1-2-7-18)9-21-17(25)12-8-11(12)16-22-10-23-24-16/h3-5,10-12H,1-2,6-9H2,(H,21,25)(H,22,23,24)/t11-,12+/m0/s1. The number of amides is 1. The molecule has 7 heteroatoms. The van der Waals surface area contributed by atoms with Crippen molar-refractivity contribution < 1.29 is 13.6 Å². The van der Waals surface area contributed by atoms with Gasteiger partial charge in [0.25, 0.3) is 0 Å². The summed E-state index contributed by atoms with van der Waals surface area (Å²) in [4.78, 5) is 16.5. The average Bonchev–Trinajstić information content (AvgIpc) is 3.01. The zero-order valence-corrected chi connectivity index (χ0v) is 13.8. The Kier molecular flexibility index (Phi) is 4.01. The Hall–Kier alpha value is -2.31. The van der Waals surface area contributed by atoms with Gasteiger partial charge >= 0.3 is 0 Å². The smallest absolute Gasteiger partial charge is 0.223 e. The van der Waals surface area contributed by atoms with Crippen molar-refractivity contribution in [3.63, 3.8) is 0 Å². The molecular weight excluding hydrogens is 326 g/mol. The zero-order chi connectivity index (χ0) is 17.4. The maximum absolute atomic E-state index is 14.3. The van der Waals surface area contributed by atoms with Gasteiger partial charge in [0.05, 0.1) is 0 Å². The Bertz CT molecular complexity index is 771. The summed E-state index contributed by atoms with van der Waals surface area (Å²) in [7, 11) is 0. The molecule has 2 atom stereocenters. The SMILES string of the molecule is O=C(NCC1(c2cccc(F)c2F)CCCC1)[C@@H]1C[C@@H]1c1ncn[nH]1. The number of hydrogen-bond donors (Lipinski definition) is 2. The number of benzene rings is 1. The van der Waals surface area contributed by atoms with Crippen molar-refractivity contribution in [2.45, 2.75) is 43.4 Å². The van der Waals surface area contributed by atoms with E-state index in [2.05, 4.69) is 20.5 Å². The maximum atomic E-state index is 14.3. The molecular formula is C18H20F2N4O. The Balaban J connectivity index is 1.46. The summed E-state index contributed by atoms with van der Waals surface area (Å²) in [5.41, 5.74) is -0.133. The van der Waals surface area contributed by atoms with Crippen molar-refractivity contribution >= 4 is 5.91 Å². The third-order valence-electron chi connectivity index (χ3n) is 5.60. The van der Waals surface area contributed by atoms with Crippen molar-refractivity contribution in [1.82, 2.24) is 20.5 Å². The van der Waals surface area contributed by atoms with E-state index in [-0.39, 0.29) is 17.7 Å². The number of nitrogens with one attached hydrogen (secondary N) is 2. The quantitative estimate of drug-likeness (QED) is 0.875. The molecule has 0 bridgehead atoms. The lowest BCUT2D eigenvalue weighted by atomic mass is 9.78. The van der Waals surface area contributed by atoms with Crippen molar-refractivity contribution in [2.75, 3.05) is 6.54 Å². The van der Waals surface area contributed by atoms with Crippen LogP contribution in [-0.4, -0.2) is 27.6 Å². The molecule has 132 valence electrons. The molecule has 1 heterocycles. The van der Waals surface area contributed by atoms with Crippen molar-refractivity contribution in [2.24, 2.45) is 5.92 Å². The number of carbonyl (C=O) groups is 1. The van der Waals surface area contributed by atoms with Crippen LogP contribution in [0.2, 0.25) is 0 Å². The van der Waals surface area contributed by atoms with Gasteiger partial charge in [0.15, 0.2) is 11.6 Å². The fraction of sp³-hybridized carbons (Fsp3) is 0.500. The molecule has 1 amide bonds. The number of rotatable bonds is 5. The van der Waals surface area contributed by atoms with Crippen LogP contribution in [0.4, 0.5) is 8.78 Å². The van der Waals surface area contributed by atoms with Crippen LogP contribution in [0.1, 0.15) is 49.4 Å². The molecule has 2 saturated carbocycles. The third kappa shape index (κ3) is 2.92. The van der Waals surface area contributed by atoms with E-state index >= 15 is 0 Å². The summed E-state index contributed by atoms with van der Waals surface area (Å²) in [5.74, 6) is -0.986. The van der Waals surface area contributed by atoms with E-state index in [4.69, 9.17) is 0 Å². The summed E-state index contributed by atoms with van der Waals surface area (Å²) >= 11 is 0. The number of H-pyrrole nitrogens is 1. The Morgan fingerprint density at radius 1 is 1.32 bits per heavy atom. The fourth-order valence-electron chi connectivity index (χ4n) is 4.07. The van der Waals surface area contributed by atoms with Crippen LogP contribution in [0.3, 0.4) is 0 Å². The van der Waals surface area contributed by atoms with Gasteiger partial charge in [-0.1, -0.05) is 25.0 Å². The Morgan fingerprint density at radius 2 is 2.12 bits per heavy atom. The van der Waals surface area contributed by atoms with Gasteiger partial charge in [-0.25, -0.2) is 13.8 Å². The predicted octanol–water partition coefficient (Wildman–Crippen LogP) is 2.81. The number of hydrogen-bond acceptors (Lipinski definition) is 3. The highest BCUT2D eigenvalue weighted by Gasteiger charge is 2.47. The first-order valence-electron chi connectivity index (χ1n) is 8.68. The van der Waals surface area contributed by atoms with E-state index in [0.717, 1.165) is 44.0 Å². The topological polar surface area (TPSA) is 70.7 Å². The van der Waals surface area contributed by atoms with Crippen LogP contribution in [-0.2, 0) is 10.2 Å². The molecule has 25 heavy (non-hydrogen) atoms. The second-order valence-corrected chi connectivity index (χ2v) is 7.13. The monoisotopic (exact) mass is 346 g/mol. The zero-order valence-electron chi connectivity index (χ0n) is 13.8. The Labute approximate surface area is 144 Å². The van der Waals surface area contributed by atoms with E-state index in [0.29, 0.717) is 12.1 Å². The van der Waals surface area contributed by atoms with Crippen LogP contribution >= 0.6 is 0 Å².